The minimum absolute atomic E-state index is 0.0109. The van der Waals surface area contributed by atoms with Crippen LogP contribution in [-0.2, 0) is 11.2 Å². The molecule has 0 spiro atoms. The Hall–Kier alpha value is -3.12. The summed E-state index contributed by atoms with van der Waals surface area (Å²) >= 11 is 1.76. The van der Waals surface area contributed by atoms with Crippen molar-refractivity contribution in [1.29, 1.82) is 0 Å². The largest absolute Gasteiger partial charge is 0.330 e. The van der Waals surface area contributed by atoms with Crippen LogP contribution in [-0.4, -0.2) is 41.4 Å². The van der Waals surface area contributed by atoms with Gasteiger partial charge in [0.15, 0.2) is 0 Å². The van der Waals surface area contributed by atoms with Crippen LogP contribution < -0.4 is 5.32 Å². The number of fused-ring (bicyclic) bond motifs is 1. The van der Waals surface area contributed by atoms with E-state index in [0.29, 0.717) is 13.1 Å². The minimum Gasteiger partial charge on any atom is -0.330 e. The Morgan fingerprint density at radius 3 is 2.32 bits per heavy atom. The molecule has 0 fully saturated rings. The Morgan fingerprint density at radius 1 is 1.00 bits per heavy atom. The average molecular weight is 532 g/mol. The number of carbonyl (C=O) groups excluding carboxylic acids is 2. The number of nitrogens with zero attached hydrogens (tertiary/aromatic N) is 2. The van der Waals surface area contributed by atoms with E-state index < -0.39 is 0 Å². The number of thiophene rings is 1. The molecular formula is C32H41N3O2S. The summed E-state index contributed by atoms with van der Waals surface area (Å²) in [7, 11) is 0. The van der Waals surface area contributed by atoms with Crippen LogP contribution in [0.2, 0.25) is 0 Å². The monoisotopic (exact) mass is 531 g/mol. The van der Waals surface area contributed by atoms with Crippen LogP contribution in [0, 0.1) is 0 Å². The van der Waals surface area contributed by atoms with Crippen molar-refractivity contribution in [1.82, 2.24) is 9.80 Å². The zero-order valence-corrected chi connectivity index (χ0v) is 24.2. The van der Waals surface area contributed by atoms with E-state index in [1.54, 1.807) is 16.2 Å². The lowest BCUT2D eigenvalue weighted by molar-refractivity contribution is -0.133. The van der Waals surface area contributed by atoms with Crippen LogP contribution in [0.15, 0.2) is 60.0 Å². The molecule has 2 aromatic carbocycles. The number of para-hydroxylation sites is 1. The summed E-state index contributed by atoms with van der Waals surface area (Å²) in [5.74, 6) is 0.534. The quantitative estimate of drug-likeness (QED) is 0.306. The highest BCUT2D eigenvalue weighted by atomic mass is 32.1. The Bertz CT molecular complexity index is 1210. The van der Waals surface area contributed by atoms with Gasteiger partial charge in [0.25, 0.3) is 0 Å². The number of urea groups is 1. The fraction of sp³-hybridized carbons (Fsp3) is 0.438. The van der Waals surface area contributed by atoms with E-state index in [2.05, 4.69) is 81.7 Å². The molecule has 1 atom stereocenters. The Labute approximate surface area is 231 Å². The first-order chi connectivity index (χ1) is 18.3. The average Bonchev–Trinajstić information content (AvgIpc) is 3.39. The number of amides is 3. The zero-order chi connectivity index (χ0) is 27.2. The second-order valence-electron chi connectivity index (χ2n) is 10.8. The number of hydrogen-bond acceptors (Lipinski definition) is 3. The third kappa shape index (κ3) is 6.12. The summed E-state index contributed by atoms with van der Waals surface area (Å²) in [6.07, 6.45) is 2.65. The van der Waals surface area contributed by atoms with Crippen molar-refractivity contribution in [3.05, 3.63) is 87.1 Å². The molecule has 2 heterocycles. The van der Waals surface area contributed by atoms with Crippen molar-refractivity contribution in [2.45, 2.75) is 71.8 Å². The first kappa shape index (κ1) is 27.9. The van der Waals surface area contributed by atoms with Crippen molar-refractivity contribution in [2.75, 3.05) is 25.0 Å². The molecule has 0 bridgehead atoms. The smallest absolute Gasteiger partial charge is 0.322 e. The van der Waals surface area contributed by atoms with Gasteiger partial charge in [-0.25, -0.2) is 4.79 Å². The van der Waals surface area contributed by atoms with Gasteiger partial charge in [0.1, 0.15) is 6.54 Å². The first-order valence-electron chi connectivity index (χ1n) is 13.9. The van der Waals surface area contributed by atoms with Crippen LogP contribution in [0.3, 0.4) is 0 Å². The van der Waals surface area contributed by atoms with Gasteiger partial charge in [0.05, 0.1) is 6.04 Å². The van der Waals surface area contributed by atoms with Crippen molar-refractivity contribution >= 4 is 29.0 Å². The van der Waals surface area contributed by atoms with Gasteiger partial charge in [-0.1, -0.05) is 89.6 Å². The summed E-state index contributed by atoms with van der Waals surface area (Å²) in [6.45, 7) is 12.0. The molecule has 5 nitrogen and oxygen atoms in total. The number of nitrogens with one attached hydrogen (secondary N) is 1. The summed E-state index contributed by atoms with van der Waals surface area (Å²) in [5, 5.41) is 5.35. The summed E-state index contributed by atoms with van der Waals surface area (Å²) in [4.78, 5) is 32.7. The van der Waals surface area contributed by atoms with Gasteiger partial charge in [-0.15, -0.1) is 11.3 Å². The molecule has 6 heteroatoms. The Balaban J connectivity index is 1.60. The van der Waals surface area contributed by atoms with Crippen LogP contribution in [0.1, 0.15) is 92.5 Å². The molecule has 4 rings (SSSR count). The van der Waals surface area contributed by atoms with E-state index in [1.165, 1.54) is 10.4 Å². The Kier molecular flexibility index (Phi) is 9.26. The molecule has 1 aliphatic heterocycles. The maximum atomic E-state index is 13.9. The fourth-order valence-electron chi connectivity index (χ4n) is 5.32. The molecule has 38 heavy (non-hydrogen) atoms. The molecule has 1 aromatic heterocycles. The predicted molar refractivity (Wildman–Crippen MR) is 158 cm³/mol. The number of benzene rings is 2. The number of anilines is 1. The lowest BCUT2D eigenvalue weighted by Crippen LogP contribution is -2.48. The predicted octanol–water partition coefficient (Wildman–Crippen LogP) is 7.80. The Morgan fingerprint density at radius 2 is 1.68 bits per heavy atom. The molecule has 1 unspecified atom stereocenters. The topological polar surface area (TPSA) is 52.7 Å². The van der Waals surface area contributed by atoms with Crippen molar-refractivity contribution < 1.29 is 9.59 Å². The van der Waals surface area contributed by atoms with E-state index in [0.717, 1.165) is 41.6 Å². The van der Waals surface area contributed by atoms with Crippen LogP contribution in [0.4, 0.5) is 10.5 Å². The van der Waals surface area contributed by atoms with E-state index in [9.17, 15) is 9.59 Å². The van der Waals surface area contributed by atoms with Gasteiger partial charge < -0.3 is 15.1 Å². The molecule has 202 valence electrons. The fourth-order valence-corrected chi connectivity index (χ4v) is 6.22. The third-order valence-electron chi connectivity index (χ3n) is 7.40. The number of rotatable bonds is 9. The molecule has 1 N–H and O–H groups in total. The second-order valence-corrected chi connectivity index (χ2v) is 11.8. The van der Waals surface area contributed by atoms with E-state index in [-0.39, 0.29) is 36.4 Å². The van der Waals surface area contributed by atoms with Crippen molar-refractivity contribution in [3.63, 3.8) is 0 Å². The zero-order valence-electron chi connectivity index (χ0n) is 23.4. The standard InChI is InChI=1S/C32H41N3O2S/c1-6-7-18-34(32(37)33-30-25(22(2)3)14-11-15-26(30)23(4)5)21-29(36)35-19-16-28-27(17-20-38-28)31(35)24-12-9-8-10-13-24/h8-15,17,20,22-23,31H,6-7,16,18-19,21H2,1-5H3,(H,33,37). The summed E-state index contributed by atoms with van der Waals surface area (Å²) in [5.41, 5.74) is 5.45. The maximum Gasteiger partial charge on any atom is 0.322 e. The third-order valence-corrected chi connectivity index (χ3v) is 8.40. The second kappa shape index (κ2) is 12.6. The van der Waals surface area contributed by atoms with Gasteiger partial charge in [0, 0.05) is 23.7 Å². The van der Waals surface area contributed by atoms with Crippen LogP contribution in [0.5, 0.6) is 0 Å². The number of carbonyl (C=O) groups is 2. The molecule has 0 saturated carbocycles. The van der Waals surface area contributed by atoms with Gasteiger partial charge in [0.2, 0.25) is 5.91 Å². The molecule has 1 aliphatic rings. The van der Waals surface area contributed by atoms with E-state index >= 15 is 0 Å². The van der Waals surface area contributed by atoms with Gasteiger partial charge in [-0.3, -0.25) is 4.79 Å². The minimum atomic E-state index is -0.203. The van der Waals surface area contributed by atoms with Crippen LogP contribution >= 0.6 is 11.3 Å². The highest BCUT2D eigenvalue weighted by molar-refractivity contribution is 7.10. The number of hydrogen-bond donors (Lipinski definition) is 1. The highest BCUT2D eigenvalue weighted by Crippen LogP contribution is 2.38. The highest BCUT2D eigenvalue weighted by Gasteiger charge is 2.34. The van der Waals surface area contributed by atoms with Gasteiger partial charge in [-0.05, 0) is 58.4 Å². The van der Waals surface area contributed by atoms with Crippen molar-refractivity contribution in [2.24, 2.45) is 0 Å². The first-order valence-corrected chi connectivity index (χ1v) is 14.8. The van der Waals surface area contributed by atoms with Gasteiger partial charge >= 0.3 is 6.03 Å². The van der Waals surface area contributed by atoms with Crippen molar-refractivity contribution in [3.8, 4) is 0 Å². The van der Waals surface area contributed by atoms with Gasteiger partial charge in [-0.2, -0.15) is 0 Å². The van der Waals surface area contributed by atoms with E-state index in [1.807, 2.05) is 23.1 Å². The van der Waals surface area contributed by atoms with E-state index in [4.69, 9.17) is 0 Å². The lowest BCUT2D eigenvalue weighted by atomic mass is 9.92. The summed E-state index contributed by atoms with van der Waals surface area (Å²) in [6, 6.07) is 18.3. The normalized spacial score (nSPS) is 15.0. The SMILES string of the molecule is CCCCN(CC(=O)N1CCc2sccc2C1c1ccccc1)C(=O)Nc1c(C(C)C)cccc1C(C)C. The molecule has 3 aromatic rings. The molecule has 3 amide bonds. The maximum absolute atomic E-state index is 13.9. The molecule has 0 saturated heterocycles. The van der Waals surface area contributed by atoms with Crippen LogP contribution in [0.25, 0.3) is 0 Å². The molecule has 0 radical (unpaired) electrons. The lowest BCUT2D eigenvalue weighted by Gasteiger charge is -2.37. The molecular weight excluding hydrogens is 490 g/mol. The molecule has 0 aliphatic carbocycles. The number of unbranched alkanes of at least 4 members (excludes halogenated alkanes) is 1. The summed E-state index contributed by atoms with van der Waals surface area (Å²) < 4.78 is 0.